The number of aromatic hydroxyl groups is 1. The molecule has 0 unspecified atom stereocenters. The summed E-state index contributed by atoms with van der Waals surface area (Å²) in [5.41, 5.74) is 1.77. The minimum absolute atomic E-state index is 0.0357. The molecule has 2 rings (SSSR count). The second kappa shape index (κ2) is 4.91. The normalized spacial score (nSPS) is 10.3. The van der Waals surface area contributed by atoms with Gasteiger partial charge in [-0.1, -0.05) is 0 Å². The topological polar surface area (TPSA) is 64.3 Å². The van der Waals surface area contributed by atoms with Crippen molar-refractivity contribution in [1.82, 2.24) is 9.78 Å². The summed E-state index contributed by atoms with van der Waals surface area (Å²) in [5.74, 6) is -0.436. The van der Waals surface area contributed by atoms with Gasteiger partial charge in [0.2, 0.25) is 0 Å². The number of phenolic OH excluding ortho intramolecular Hbond substituents is 1. The molecule has 1 N–H and O–H groups in total. The summed E-state index contributed by atoms with van der Waals surface area (Å²) in [6.45, 7) is 2.75. The number of rotatable bonds is 3. The number of hydrogen-bond donors (Lipinski definition) is 1. The maximum Gasteiger partial charge on any atom is 0.337 e. The summed E-state index contributed by atoms with van der Waals surface area (Å²) in [6.07, 6.45) is 3.52. The Balaban J connectivity index is 2.38. The molecule has 0 aliphatic carbocycles. The maximum absolute atomic E-state index is 11.3. The van der Waals surface area contributed by atoms with Gasteiger partial charge in [-0.3, -0.25) is 4.68 Å². The van der Waals surface area contributed by atoms with Crippen LogP contribution in [0, 0.1) is 0 Å². The number of nitrogens with zero attached hydrogens (tertiary/aromatic N) is 2. The Labute approximate surface area is 105 Å². The number of phenols is 1. The molecule has 94 valence electrons. The summed E-state index contributed by atoms with van der Waals surface area (Å²) in [5, 5.41) is 14.1. The fourth-order valence-electron chi connectivity index (χ4n) is 1.70. The number of methoxy groups -OCH3 is 1. The number of carbonyl (C=O) groups is 1. The van der Waals surface area contributed by atoms with Gasteiger partial charge in [0.05, 0.1) is 18.9 Å². The molecule has 0 saturated carbocycles. The number of carbonyl (C=O) groups excluding carboxylic acids is 1. The van der Waals surface area contributed by atoms with Crippen molar-refractivity contribution in [3.8, 4) is 16.9 Å². The molecule has 5 nitrogen and oxygen atoms in total. The number of aromatic nitrogens is 2. The van der Waals surface area contributed by atoms with Gasteiger partial charge in [-0.15, -0.1) is 0 Å². The lowest BCUT2D eigenvalue weighted by Crippen LogP contribution is -2.00. The van der Waals surface area contributed by atoms with Gasteiger partial charge in [0, 0.05) is 23.9 Å². The second-order valence-corrected chi connectivity index (χ2v) is 3.81. The van der Waals surface area contributed by atoms with Crippen LogP contribution in [0.3, 0.4) is 0 Å². The van der Waals surface area contributed by atoms with E-state index in [1.165, 1.54) is 13.2 Å². The van der Waals surface area contributed by atoms with Gasteiger partial charge >= 0.3 is 5.97 Å². The maximum atomic E-state index is 11.3. The molecule has 1 heterocycles. The van der Waals surface area contributed by atoms with Gasteiger partial charge in [0.15, 0.2) is 0 Å². The third kappa shape index (κ3) is 2.20. The van der Waals surface area contributed by atoms with Gasteiger partial charge in [0.1, 0.15) is 5.75 Å². The molecular weight excluding hydrogens is 232 g/mol. The lowest BCUT2D eigenvalue weighted by Gasteiger charge is -2.04. The Kier molecular flexibility index (Phi) is 3.32. The van der Waals surface area contributed by atoms with Gasteiger partial charge in [-0.05, 0) is 25.1 Å². The van der Waals surface area contributed by atoms with Gasteiger partial charge in [0.25, 0.3) is 0 Å². The fraction of sp³-hybridized carbons (Fsp3) is 0.231. The lowest BCUT2D eigenvalue weighted by atomic mass is 10.1. The molecule has 5 heteroatoms. The highest BCUT2D eigenvalue weighted by atomic mass is 16.5. The monoisotopic (exact) mass is 246 g/mol. The molecule has 0 atom stereocenters. The fourth-order valence-corrected chi connectivity index (χ4v) is 1.70. The third-order valence-electron chi connectivity index (χ3n) is 2.69. The molecule has 0 amide bonds. The molecule has 0 bridgehead atoms. The van der Waals surface area contributed by atoms with Crippen LogP contribution in [0.25, 0.3) is 11.1 Å². The molecule has 0 spiro atoms. The first kappa shape index (κ1) is 12.2. The van der Waals surface area contributed by atoms with E-state index in [0.717, 1.165) is 12.1 Å². The van der Waals surface area contributed by atoms with Gasteiger partial charge in [-0.2, -0.15) is 5.10 Å². The molecule has 0 aliphatic rings. The second-order valence-electron chi connectivity index (χ2n) is 3.81. The van der Waals surface area contributed by atoms with Crippen LogP contribution in [0.15, 0.2) is 30.6 Å². The summed E-state index contributed by atoms with van der Waals surface area (Å²) < 4.78 is 6.36. The highest BCUT2D eigenvalue weighted by Gasteiger charge is 2.11. The average molecular weight is 246 g/mol. The smallest absolute Gasteiger partial charge is 0.337 e. The van der Waals surface area contributed by atoms with Crippen molar-refractivity contribution in [3.63, 3.8) is 0 Å². The zero-order chi connectivity index (χ0) is 13.1. The molecule has 1 aromatic heterocycles. The van der Waals surface area contributed by atoms with E-state index in [9.17, 15) is 9.90 Å². The van der Waals surface area contributed by atoms with Crippen LogP contribution in [0.5, 0.6) is 5.75 Å². The standard InChI is InChI=1S/C13H14N2O3/c1-3-15-8-10(7-14-15)11-5-4-9(6-12(11)16)13(17)18-2/h4-8,16H,3H2,1-2H3. The third-order valence-corrected chi connectivity index (χ3v) is 2.69. The molecule has 1 aromatic carbocycles. The number of benzene rings is 1. The van der Waals surface area contributed by atoms with Crippen molar-refractivity contribution in [2.75, 3.05) is 7.11 Å². The zero-order valence-corrected chi connectivity index (χ0v) is 10.3. The number of hydrogen-bond acceptors (Lipinski definition) is 4. The quantitative estimate of drug-likeness (QED) is 0.842. The summed E-state index contributed by atoms with van der Waals surface area (Å²) in [4.78, 5) is 11.3. The first-order chi connectivity index (χ1) is 8.65. The van der Waals surface area contributed by atoms with Crippen molar-refractivity contribution in [2.45, 2.75) is 13.5 Å². The lowest BCUT2D eigenvalue weighted by molar-refractivity contribution is 0.0600. The van der Waals surface area contributed by atoms with Crippen LogP contribution < -0.4 is 0 Å². The van der Waals surface area contributed by atoms with Crippen molar-refractivity contribution in [2.24, 2.45) is 0 Å². The SMILES string of the molecule is CCn1cc(-c2ccc(C(=O)OC)cc2O)cn1. The molecule has 18 heavy (non-hydrogen) atoms. The summed E-state index contributed by atoms with van der Waals surface area (Å²) >= 11 is 0. The number of ether oxygens (including phenoxy) is 1. The molecule has 0 radical (unpaired) electrons. The first-order valence-electron chi connectivity index (χ1n) is 5.60. The van der Waals surface area contributed by atoms with Crippen LogP contribution in [-0.4, -0.2) is 28.0 Å². The van der Waals surface area contributed by atoms with Crippen LogP contribution in [0.1, 0.15) is 17.3 Å². The van der Waals surface area contributed by atoms with E-state index in [4.69, 9.17) is 0 Å². The van der Waals surface area contributed by atoms with Crippen LogP contribution in [-0.2, 0) is 11.3 Å². The minimum atomic E-state index is -0.471. The Morgan fingerprint density at radius 3 is 2.83 bits per heavy atom. The van der Waals surface area contributed by atoms with E-state index in [2.05, 4.69) is 9.84 Å². The van der Waals surface area contributed by atoms with E-state index in [1.807, 2.05) is 13.1 Å². The Bertz CT molecular complexity index is 575. The van der Waals surface area contributed by atoms with E-state index in [1.54, 1.807) is 23.0 Å². The Hall–Kier alpha value is -2.30. The highest BCUT2D eigenvalue weighted by Crippen LogP contribution is 2.29. The largest absolute Gasteiger partial charge is 0.507 e. The Morgan fingerprint density at radius 2 is 2.28 bits per heavy atom. The Morgan fingerprint density at radius 1 is 1.50 bits per heavy atom. The number of esters is 1. The van der Waals surface area contributed by atoms with Crippen molar-refractivity contribution in [3.05, 3.63) is 36.2 Å². The van der Waals surface area contributed by atoms with Crippen LogP contribution >= 0.6 is 0 Å². The summed E-state index contributed by atoms with van der Waals surface area (Å²) in [7, 11) is 1.30. The molecule has 0 saturated heterocycles. The zero-order valence-electron chi connectivity index (χ0n) is 10.3. The van der Waals surface area contributed by atoms with Gasteiger partial charge < -0.3 is 9.84 Å². The first-order valence-corrected chi connectivity index (χ1v) is 5.60. The van der Waals surface area contributed by atoms with Gasteiger partial charge in [-0.25, -0.2) is 4.79 Å². The van der Waals surface area contributed by atoms with Crippen molar-refractivity contribution >= 4 is 5.97 Å². The predicted molar refractivity (Wildman–Crippen MR) is 66.3 cm³/mol. The van der Waals surface area contributed by atoms with Crippen molar-refractivity contribution < 1.29 is 14.6 Å². The molecule has 2 aromatic rings. The van der Waals surface area contributed by atoms with Crippen LogP contribution in [0.4, 0.5) is 0 Å². The highest BCUT2D eigenvalue weighted by molar-refractivity contribution is 5.91. The average Bonchev–Trinajstić information content (AvgIpc) is 2.86. The van der Waals surface area contributed by atoms with E-state index < -0.39 is 5.97 Å². The molecule has 0 aliphatic heterocycles. The van der Waals surface area contributed by atoms with E-state index >= 15 is 0 Å². The molecule has 0 fully saturated rings. The van der Waals surface area contributed by atoms with E-state index in [-0.39, 0.29) is 5.75 Å². The predicted octanol–water partition coefficient (Wildman–Crippen LogP) is 2.06. The summed E-state index contributed by atoms with van der Waals surface area (Å²) in [6, 6.07) is 4.69. The van der Waals surface area contributed by atoms with E-state index in [0.29, 0.717) is 11.1 Å². The minimum Gasteiger partial charge on any atom is -0.507 e. The number of aryl methyl sites for hydroxylation is 1. The molecular formula is C13H14N2O3. The van der Waals surface area contributed by atoms with Crippen LogP contribution in [0.2, 0.25) is 0 Å². The van der Waals surface area contributed by atoms with Crippen molar-refractivity contribution in [1.29, 1.82) is 0 Å².